The molecule has 1 aliphatic rings. The highest BCUT2D eigenvalue weighted by molar-refractivity contribution is 9.10. The summed E-state index contributed by atoms with van der Waals surface area (Å²) in [7, 11) is 0. The van der Waals surface area contributed by atoms with Crippen LogP contribution < -0.4 is 10.6 Å². The number of para-hydroxylation sites is 1. The Kier molecular flexibility index (Phi) is 6.39. The van der Waals surface area contributed by atoms with Gasteiger partial charge in [-0.15, -0.1) is 0 Å². The molecule has 2 rings (SSSR count). The maximum Gasteiger partial charge on any atom is 0.238 e. The zero-order chi connectivity index (χ0) is 14.4. The number of rotatable bonds is 6. The smallest absolute Gasteiger partial charge is 0.238 e. The summed E-state index contributed by atoms with van der Waals surface area (Å²) >= 11 is 5.46. The van der Waals surface area contributed by atoms with Gasteiger partial charge in [-0.1, -0.05) is 19.1 Å². The van der Waals surface area contributed by atoms with Crippen LogP contribution in [0.1, 0.15) is 26.2 Å². The molecule has 20 heavy (non-hydrogen) atoms. The van der Waals surface area contributed by atoms with E-state index < -0.39 is 0 Å². The monoisotopic (exact) mass is 356 g/mol. The molecule has 1 fully saturated rings. The molecule has 3 nitrogen and oxygen atoms in total. The predicted octanol–water partition coefficient (Wildman–Crippen LogP) is 3.65. The zero-order valence-electron chi connectivity index (χ0n) is 11.7. The second-order valence-electron chi connectivity index (χ2n) is 5.00. The number of halogens is 1. The first-order chi connectivity index (χ1) is 9.69. The van der Waals surface area contributed by atoms with Gasteiger partial charge in [-0.25, -0.2) is 0 Å². The average molecular weight is 357 g/mol. The highest BCUT2D eigenvalue weighted by Crippen LogP contribution is 2.29. The Balaban J connectivity index is 1.72. The van der Waals surface area contributed by atoms with Gasteiger partial charge in [-0.05, 0) is 53.1 Å². The standard InChI is InChI=1S/C15H21BrN2OS/c1-2-20-12-8-7-11(9-12)17-10-15(19)18-14-6-4-3-5-13(14)16/h3-6,11-12,17H,2,7-10H2,1H3,(H,18,19). The minimum absolute atomic E-state index is 0.0171. The van der Waals surface area contributed by atoms with E-state index in [2.05, 4.69) is 33.5 Å². The molecule has 0 aromatic heterocycles. The molecule has 1 saturated carbocycles. The maximum atomic E-state index is 11.9. The highest BCUT2D eigenvalue weighted by Gasteiger charge is 2.24. The lowest BCUT2D eigenvalue weighted by atomic mass is 10.2. The predicted molar refractivity (Wildman–Crippen MR) is 90.3 cm³/mol. The zero-order valence-corrected chi connectivity index (χ0v) is 14.1. The van der Waals surface area contributed by atoms with Gasteiger partial charge in [0.2, 0.25) is 5.91 Å². The molecule has 0 aliphatic heterocycles. The van der Waals surface area contributed by atoms with E-state index in [4.69, 9.17) is 0 Å². The van der Waals surface area contributed by atoms with Crippen LogP contribution in [0.3, 0.4) is 0 Å². The molecule has 0 spiro atoms. The van der Waals surface area contributed by atoms with E-state index in [9.17, 15) is 4.79 Å². The van der Waals surface area contributed by atoms with Crippen molar-refractivity contribution in [3.63, 3.8) is 0 Å². The van der Waals surface area contributed by atoms with Crippen LogP contribution in [0, 0.1) is 0 Å². The first-order valence-corrected chi connectivity index (χ1v) is 8.92. The first-order valence-electron chi connectivity index (χ1n) is 7.08. The molecule has 0 heterocycles. The fourth-order valence-electron chi connectivity index (χ4n) is 2.51. The molecule has 1 amide bonds. The summed E-state index contributed by atoms with van der Waals surface area (Å²) < 4.78 is 0.911. The largest absolute Gasteiger partial charge is 0.324 e. The van der Waals surface area contributed by atoms with Gasteiger partial charge < -0.3 is 10.6 Å². The van der Waals surface area contributed by atoms with E-state index in [1.165, 1.54) is 25.0 Å². The minimum atomic E-state index is 0.0171. The lowest BCUT2D eigenvalue weighted by Gasteiger charge is -2.13. The van der Waals surface area contributed by atoms with Crippen molar-refractivity contribution in [2.24, 2.45) is 0 Å². The molecule has 2 atom stereocenters. The number of amides is 1. The minimum Gasteiger partial charge on any atom is -0.324 e. The van der Waals surface area contributed by atoms with Gasteiger partial charge in [0.1, 0.15) is 0 Å². The molecule has 110 valence electrons. The Morgan fingerprint density at radius 1 is 1.40 bits per heavy atom. The Bertz CT molecular complexity index is 455. The van der Waals surface area contributed by atoms with Crippen molar-refractivity contribution in [2.45, 2.75) is 37.5 Å². The maximum absolute atomic E-state index is 11.9. The van der Waals surface area contributed by atoms with E-state index >= 15 is 0 Å². The van der Waals surface area contributed by atoms with Crippen LogP contribution in [-0.4, -0.2) is 29.5 Å². The Labute approximate surface area is 133 Å². The summed E-state index contributed by atoms with van der Waals surface area (Å²) in [6, 6.07) is 8.15. The normalized spacial score (nSPS) is 21.9. The van der Waals surface area contributed by atoms with E-state index in [1.807, 2.05) is 36.0 Å². The van der Waals surface area contributed by atoms with Crippen LogP contribution in [0.25, 0.3) is 0 Å². The van der Waals surface area contributed by atoms with Gasteiger partial charge in [0.25, 0.3) is 0 Å². The van der Waals surface area contributed by atoms with Crippen molar-refractivity contribution in [1.29, 1.82) is 0 Å². The number of benzene rings is 1. The van der Waals surface area contributed by atoms with Crippen molar-refractivity contribution in [1.82, 2.24) is 5.32 Å². The van der Waals surface area contributed by atoms with Crippen LogP contribution in [0.4, 0.5) is 5.69 Å². The first kappa shape index (κ1) is 15.9. The third kappa shape index (κ3) is 4.79. The van der Waals surface area contributed by atoms with Crippen molar-refractivity contribution in [3.05, 3.63) is 28.7 Å². The Morgan fingerprint density at radius 2 is 2.20 bits per heavy atom. The third-order valence-corrected chi connectivity index (χ3v) is 5.41. The fraction of sp³-hybridized carbons (Fsp3) is 0.533. The van der Waals surface area contributed by atoms with Gasteiger partial charge >= 0.3 is 0 Å². The van der Waals surface area contributed by atoms with Crippen LogP contribution in [0.15, 0.2) is 28.7 Å². The van der Waals surface area contributed by atoms with Gasteiger partial charge in [0, 0.05) is 15.8 Å². The molecular weight excluding hydrogens is 336 g/mol. The quantitative estimate of drug-likeness (QED) is 0.817. The molecule has 1 aliphatic carbocycles. The second kappa shape index (κ2) is 8.05. The van der Waals surface area contributed by atoms with E-state index in [0.717, 1.165) is 15.4 Å². The van der Waals surface area contributed by atoms with Crippen molar-refractivity contribution in [2.75, 3.05) is 17.6 Å². The molecule has 2 unspecified atom stereocenters. The van der Waals surface area contributed by atoms with E-state index in [1.54, 1.807) is 0 Å². The SMILES string of the molecule is CCSC1CCC(NCC(=O)Nc2ccccc2Br)C1. The summed E-state index contributed by atoms with van der Waals surface area (Å²) in [5.74, 6) is 1.20. The Morgan fingerprint density at radius 3 is 2.95 bits per heavy atom. The lowest BCUT2D eigenvalue weighted by molar-refractivity contribution is -0.115. The summed E-state index contributed by atoms with van der Waals surface area (Å²) in [5.41, 5.74) is 0.824. The molecule has 0 saturated heterocycles. The van der Waals surface area contributed by atoms with Crippen LogP contribution >= 0.6 is 27.7 Å². The summed E-state index contributed by atoms with van der Waals surface area (Å²) in [4.78, 5) is 11.9. The van der Waals surface area contributed by atoms with Gasteiger partial charge in [0.05, 0.1) is 12.2 Å². The molecule has 0 radical (unpaired) electrons. The molecule has 5 heteroatoms. The van der Waals surface area contributed by atoms with Gasteiger partial charge in [-0.2, -0.15) is 11.8 Å². The molecule has 1 aromatic rings. The van der Waals surface area contributed by atoms with Gasteiger partial charge in [0.15, 0.2) is 0 Å². The average Bonchev–Trinajstić information content (AvgIpc) is 2.87. The summed E-state index contributed by atoms with van der Waals surface area (Å²) in [6.45, 7) is 2.59. The highest BCUT2D eigenvalue weighted by atomic mass is 79.9. The molecule has 2 N–H and O–H groups in total. The second-order valence-corrected chi connectivity index (χ2v) is 7.43. The summed E-state index contributed by atoms with van der Waals surface area (Å²) in [5, 5.41) is 7.05. The third-order valence-electron chi connectivity index (χ3n) is 3.49. The molecular formula is C15H21BrN2OS. The summed E-state index contributed by atoms with van der Waals surface area (Å²) in [6.07, 6.45) is 3.63. The van der Waals surface area contributed by atoms with Crippen LogP contribution in [0.2, 0.25) is 0 Å². The molecule has 1 aromatic carbocycles. The van der Waals surface area contributed by atoms with Crippen molar-refractivity contribution >= 4 is 39.3 Å². The topological polar surface area (TPSA) is 41.1 Å². The van der Waals surface area contributed by atoms with Crippen molar-refractivity contribution in [3.8, 4) is 0 Å². The molecule has 0 bridgehead atoms. The van der Waals surface area contributed by atoms with Gasteiger partial charge in [-0.3, -0.25) is 4.79 Å². The lowest BCUT2D eigenvalue weighted by Crippen LogP contribution is -2.34. The van der Waals surface area contributed by atoms with Crippen LogP contribution in [-0.2, 0) is 4.79 Å². The number of carbonyl (C=O) groups is 1. The van der Waals surface area contributed by atoms with Crippen molar-refractivity contribution < 1.29 is 4.79 Å². The number of carbonyl (C=O) groups excluding carboxylic acids is 1. The number of anilines is 1. The van der Waals surface area contributed by atoms with E-state index in [0.29, 0.717) is 12.6 Å². The number of hydrogen-bond donors (Lipinski definition) is 2. The number of nitrogens with one attached hydrogen (secondary N) is 2. The van der Waals surface area contributed by atoms with E-state index in [-0.39, 0.29) is 5.91 Å². The number of hydrogen-bond acceptors (Lipinski definition) is 3. The fourth-order valence-corrected chi connectivity index (χ4v) is 4.03. The number of thioether (sulfide) groups is 1. The Hall–Kier alpha value is -0.520. The van der Waals surface area contributed by atoms with Crippen LogP contribution in [0.5, 0.6) is 0 Å².